The molecule has 2 aromatic carbocycles. The summed E-state index contributed by atoms with van der Waals surface area (Å²) in [6.45, 7) is 4.14. The smallest absolute Gasteiger partial charge is 0.418 e. The molecular formula is C19H19Cl3NO2. The number of carbonyl (C=O) groups excluding carboxylic acids is 1. The molecule has 0 aliphatic carbocycles. The Labute approximate surface area is 163 Å². The Balaban J connectivity index is 2.24. The van der Waals surface area contributed by atoms with Crippen LogP contribution in [0.3, 0.4) is 0 Å². The average molecular weight is 400 g/mol. The molecule has 0 bridgehead atoms. The minimum Gasteiger partial charge on any atom is -0.449 e. The zero-order valence-electron chi connectivity index (χ0n) is 13.7. The third-order valence-electron chi connectivity index (χ3n) is 3.54. The molecule has 0 aliphatic rings. The maximum absolute atomic E-state index is 12.7. The second-order valence-electron chi connectivity index (χ2n) is 5.42. The van der Waals surface area contributed by atoms with E-state index in [9.17, 15) is 4.79 Å². The second-order valence-corrected chi connectivity index (χ2v) is 6.62. The summed E-state index contributed by atoms with van der Waals surface area (Å²) in [4.78, 5) is 14.1. The Morgan fingerprint density at radius 3 is 2.20 bits per heavy atom. The molecule has 1 radical (unpaired) electrons. The van der Waals surface area contributed by atoms with Crippen LogP contribution < -0.4 is 4.90 Å². The first-order chi connectivity index (χ1) is 12.0. The summed E-state index contributed by atoms with van der Waals surface area (Å²) >= 11 is 18.2. The molecule has 0 saturated heterocycles. The van der Waals surface area contributed by atoms with E-state index in [1.165, 1.54) is 4.90 Å². The molecule has 0 unspecified atom stereocenters. The van der Waals surface area contributed by atoms with Crippen molar-refractivity contribution in [3.63, 3.8) is 0 Å². The van der Waals surface area contributed by atoms with Gasteiger partial charge in [0.1, 0.15) is 0 Å². The number of hydrogen-bond donors (Lipinski definition) is 0. The van der Waals surface area contributed by atoms with E-state index in [0.29, 0.717) is 18.0 Å². The van der Waals surface area contributed by atoms with E-state index in [1.807, 2.05) is 18.2 Å². The van der Waals surface area contributed by atoms with Gasteiger partial charge in [0.05, 0.1) is 33.0 Å². The van der Waals surface area contributed by atoms with Crippen LogP contribution in [0.15, 0.2) is 42.5 Å². The number of ether oxygens (including phenoxy) is 1. The highest BCUT2D eigenvalue weighted by Gasteiger charge is 2.21. The molecule has 0 heterocycles. The van der Waals surface area contributed by atoms with Gasteiger partial charge in [-0.05, 0) is 30.7 Å². The van der Waals surface area contributed by atoms with Crippen LogP contribution in [0, 0.1) is 6.92 Å². The van der Waals surface area contributed by atoms with Crippen LogP contribution in [0.5, 0.6) is 0 Å². The van der Waals surface area contributed by atoms with E-state index in [4.69, 9.17) is 39.5 Å². The number of unbranched alkanes of at least 4 members (excludes halogenated alkanes) is 3. The summed E-state index contributed by atoms with van der Waals surface area (Å²) in [6.07, 6.45) is 3.18. The molecule has 0 atom stereocenters. The molecule has 0 fully saturated rings. The van der Waals surface area contributed by atoms with Crippen LogP contribution in [0.4, 0.5) is 16.2 Å². The Morgan fingerprint density at radius 1 is 0.960 bits per heavy atom. The first-order valence-electron chi connectivity index (χ1n) is 8.00. The Bertz CT molecular complexity index is 684. The Kier molecular flexibility index (Phi) is 7.89. The average Bonchev–Trinajstić information content (AvgIpc) is 2.60. The van der Waals surface area contributed by atoms with Gasteiger partial charge in [0.2, 0.25) is 0 Å². The lowest BCUT2D eigenvalue weighted by atomic mass is 10.2. The van der Waals surface area contributed by atoms with Gasteiger partial charge in [-0.15, -0.1) is 0 Å². The molecule has 1 amide bonds. The summed E-state index contributed by atoms with van der Waals surface area (Å²) in [6, 6.07) is 12.3. The van der Waals surface area contributed by atoms with Crippen LogP contribution in [0.1, 0.15) is 25.7 Å². The van der Waals surface area contributed by atoms with Gasteiger partial charge in [-0.2, -0.15) is 0 Å². The lowest BCUT2D eigenvalue weighted by Crippen LogP contribution is -2.27. The third-order valence-corrected chi connectivity index (χ3v) is 4.74. The van der Waals surface area contributed by atoms with E-state index in [-0.39, 0.29) is 15.1 Å². The number of para-hydroxylation sites is 1. The highest BCUT2D eigenvalue weighted by atomic mass is 35.5. The molecule has 3 nitrogen and oxygen atoms in total. The largest absolute Gasteiger partial charge is 0.449 e. The van der Waals surface area contributed by atoms with E-state index < -0.39 is 6.09 Å². The van der Waals surface area contributed by atoms with Crippen LogP contribution in [-0.4, -0.2) is 12.7 Å². The highest BCUT2D eigenvalue weighted by molar-refractivity contribution is 6.48. The summed E-state index contributed by atoms with van der Waals surface area (Å²) in [7, 11) is 0. The predicted molar refractivity (Wildman–Crippen MR) is 105 cm³/mol. The van der Waals surface area contributed by atoms with Crippen molar-refractivity contribution in [2.75, 3.05) is 11.5 Å². The van der Waals surface area contributed by atoms with Crippen LogP contribution in [0.25, 0.3) is 0 Å². The van der Waals surface area contributed by atoms with Crippen molar-refractivity contribution in [2.45, 2.75) is 25.7 Å². The molecule has 0 spiro atoms. The predicted octanol–water partition coefficient (Wildman–Crippen LogP) is 7.32. The van der Waals surface area contributed by atoms with Gasteiger partial charge in [-0.3, -0.25) is 0 Å². The fourth-order valence-corrected chi connectivity index (χ4v) is 2.87. The van der Waals surface area contributed by atoms with Gasteiger partial charge in [0.15, 0.2) is 0 Å². The molecule has 0 N–H and O–H groups in total. The Hall–Kier alpha value is -1.42. The van der Waals surface area contributed by atoms with Crippen LogP contribution >= 0.6 is 34.8 Å². The van der Waals surface area contributed by atoms with Crippen molar-refractivity contribution in [3.05, 3.63) is 64.5 Å². The number of hydrogen-bond acceptors (Lipinski definition) is 2. The monoisotopic (exact) mass is 398 g/mol. The van der Waals surface area contributed by atoms with Gasteiger partial charge in [0.25, 0.3) is 0 Å². The Morgan fingerprint density at radius 2 is 1.60 bits per heavy atom. The number of anilines is 2. The fourth-order valence-electron chi connectivity index (χ4n) is 2.29. The minimum atomic E-state index is -0.490. The number of carbonyl (C=O) groups is 1. The standard InChI is InChI=1S/C19H19Cl3NO2/c1-2-3-4-8-11-25-19(24)23(14-9-6-5-7-10-14)15-12-16(20)18(22)17(21)13-15/h5-7,9-10,12-13H,1-4,8,11H2. The quantitative estimate of drug-likeness (QED) is 0.360. The lowest BCUT2D eigenvalue weighted by molar-refractivity contribution is 0.154. The summed E-state index contributed by atoms with van der Waals surface area (Å²) < 4.78 is 5.42. The SMILES string of the molecule is [CH2]CCCCCOC(=O)N(c1ccccc1)c1cc(Cl)c(Cl)c(Cl)c1. The number of nitrogens with zero attached hydrogens (tertiary/aromatic N) is 1. The van der Waals surface area contributed by atoms with Crippen molar-refractivity contribution in [1.29, 1.82) is 0 Å². The molecule has 2 aromatic rings. The molecule has 0 aliphatic heterocycles. The normalized spacial score (nSPS) is 10.6. The van der Waals surface area contributed by atoms with E-state index in [1.54, 1.807) is 24.3 Å². The summed E-state index contributed by atoms with van der Waals surface area (Å²) in [5, 5.41) is 0.795. The van der Waals surface area contributed by atoms with E-state index >= 15 is 0 Å². The zero-order valence-corrected chi connectivity index (χ0v) is 15.9. The minimum absolute atomic E-state index is 0.252. The molecular weight excluding hydrogens is 381 g/mol. The first kappa shape index (κ1) is 19.9. The first-order valence-corrected chi connectivity index (χ1v) is 9.13. The summed E-state index contributed by atoms with van der Waals surface area (Å²) in [5.41, 5.74) is 1.15. The number of amides is 1. The molecule has 6 heteroatoms. The van der Waals surface area contributed by atoms with Crippen LogP contribution in [0.2, 0.25) is 15.1 Å². The van der Waals surface area contributed by atoms with Gasteiger partial charge in [0, 0.05) is 0 Å². The lowest BCUT2D eigenvalue weighted by Gasteiger charge is -2.23. The maximum Gasteiger partial charge on any atom is 0.418 e. The molecule has 2 rings (SSSR count). The second kappa shape index (κ2) is 9.91. The number of benzene rings is 2. The van der Waals surface area contributed by atoms with Gasteiger partial charge in [-0.1, -0.05) is 79.2 Å². The van der Waals surface area contributed by atoms with Gasteiger partial charge in [-0.25, -0.2) is 9.69 Å². The number of halogens is 3. The van der Waals surface area contributed by atoms with Crippen LogP contribution in [-0.2, 0) is 4.74 Å². The molecule has 0 aromatic heterocycles. The molecule has 133 valence electrons. The van der Waals surface area contributed by atoms with Gasteiger partial charge < -0.3 is 4.74 Å². The van der Waals surface area contributed by atoms with E-state index in [2.05, 4.69) is 6.92 Å². The van der Waals surface area contributed by atoms with Crippen molar-refractivity contribution in [2.24, 2.45) is 0 Å². The van der Waals surface area contributed by atoms with Crippen molar-refractivity contribution < 1.29 is 9.53 Å². The number of rotatable bonds is 7. The topological polar surface area (TPSA) is 29.5 Å². The van der Waals surface area contributed by atoms with Crippen molar-refractivity contribution in [1.82, 2.24) is 0 Å². The zero-order chi connectivity index (χ0) is 18.2. The van der Waals surface area contributed by atoms with Crippen molar-refractivity contribution >= 4 is 52.3 Å². The molecule has 25 heavy (non-hydrogen) atoms. The van der Waals surface area contributed by atoms with E-state index in [0.717, 1.165) is 25.7 Å². The third kappa shape index (κ3) is 5.53. The van der Waals surface area contributed by atoms with Gasteiger partial charge >= 0.3 is 6.09 Å². The maximum atomic E-state index is 12.7. The fraction of sp³-hybridized carbons (Fsp3) is 0.263. The summed E-state index contributed by atoms with van der Waals surface area (Å²) in [5.74, 6) is 0. The molecule has 0 saturated carbocycles. The highest BCUT2D eigenvalue weighted by Crippen LogP contribution is 2.37. The van der Waals surface area contributed by atoms with Crippen molar-refractivity contribution in [3.8, 4) is 0 Å².